The van der Waals surface area contributed by atoms with Crippen LogP contribution in [0.1, 0.15) is 61.4 Å². The molecule has 0 atom stereocenters. The molecule has 1 aliphatic carbocycles. The van der Waals surface area contributed by atoms with E-state index in [-0.39, 0.29) is 34.9 Å². The maximum Gasteiger partial charge on any atom is 0.258 e. The molecule has 12 heteroatoms. The summed E-state index contributed by atoms with van der Waals surface area (Å²) < 4.78 is 80.9. The Morgan fingerprint density at radius 2 is 1.64 bits per heavy atom. The van der Waals surface area contributed by atoms with Crippen molar-refractivity contribution in [3.05, 3.63) is 53.6 Å². The maximum atomic E-state index is 13.9. The van der Waals surface area contributed by atoms with E-state index in [9.17, 15) is 30.4 Å². The predicted octanol–water partition coefficient (Wildman–Crippen LogP) is 4.59. The second kappa shape index (κ2) is 9.81. The summed E-state index contributed by atoms with van der Waals surface area (Å²) in [6, 6.07) is 10.9. The second-order valence-electron chi connectivity index (χ2n) is 11.2. The summed E-state index contributed by atoms with van der Waals surface area (Å²) in [7, 11) is -7.53. The van der Waals surface area contributed by atoms with Gasteiger partial charge in [-0.2, -0.15) is 4.31 Å². The highest BCUT2D eigenvalue weighted by Gasteiger charge is 2.46. The molecule has 2 fully saturated rings. The third-order valence-corrected chi connectivity index (χ3v) is 10.8. The molecule has 0 radical (unpaired) electrons. The number of nitrogens with zero attached hydrogens (tertiary/aromatic N) is 2. The summed E-state index contributed by atoms with van der Waals surface area (Å²) >= 11 is 0. The molecule has 2 aliphatic heterocycles. The molecule has 0 aromatic heterocycles. The number of hydrogen-bond acceptors (Lipinski definition) is 5. The second-order valence-corrected chi connectivity index (χ2v) is 14.9. The molecule has 212 valence electrons. The van der Waals surface area contributed by atoms with E-state index in [2.05, 4.69) is 11.6 Å². The van der Waals surface area contributed by atoms with Gasteiger partial charge in [0.15, 0.2) is 0 Å². The van der Waals surface area contributed by atoms with E-state index in [1.54, 1.807) is 23.1 Å². The van der Waals surface area contributed by atoms with Crippen LogP contribution in [0, 0.1) is 5.92 Å². The molecule has 2 aromatic rings. The van der Waals surface area contributed by atoms with Gasteiger partial charge in [0.2, 0.25) is 20.0 Å². The topological polar surface area (TPSA) is 104 Å². The van der Waals surface area contributed by atoms with Crippen LogP contribution in [0.5, 0.6) is 0 Å². The molecule has 39 heavy (non-hydrogen) atoms. The Bertz CT molecular complexity index is 1490. The lowest BCUT2D eigenvalue weighted by molar-refractivity contribution is -0.0412. The van der Waals surface area contributed by atoms with Crippen LogP contribution in [0.25, 0.3) is 0 Å². The van der Waals surface area contributed by atoms with Crippen molar-refractivity contribution in [3.8, 4) is 0 Å². The summed E-state index contributed by atoms with van der Waals surface area (Å²) in [4.78, 5) is 15.4. The Hall–Kier alpha value is -2.57. The zero-order chi connectivity index (χ0) is 28.2. The number of fused-ring (bicyclic) bond motifs is 2. The summed E-state index contributed by atoms with van der Waals surface area (Å²) in [5.74, 6) is -2.69. The zero-order valence-electron chi connectivity index (χ0n) is 22.0. The highest BCUT2D eigenvalue weighted by molar-refractivity contribution is 7.92. The predicted molar refractivity (Wildman–Crippen MR) is 145 cm³/mol. The van der Waals surface area contributed by atoms with Crippen molar-refractivity contribution < 1.29 is 30.4 Å². The number of carbonyl (C=O) groups is 1. The monoisotopic (exact) mass is 581 g/mol. The third-order valence-electron chi connectivity index (χ3n) is 8.27. The number of nitrogens with one attached hydrogen (secondary N) is 1. The summed E-state index contributed by atoms with van der Waals surface area (Å²) in [5.41, 5.74) is 1.89. The SMILES string of the molecule is CC1CCC2(CC1)CN(C(=O)c1cccc(S(=O)(=O)N3CCC(F)(F)CC3)c1)c1ccc(NS(C)(=O)=O)cc12. The molecule has 0 bridgehead atoms. The first-order chi connectivity index (χ1) is 18.2. The van der Waals surface area contributed by atoms with Crippen molar-refractivity contribution in [2.75, 3.05) is 35.5 Å². The first-order valence-electron chi connectivity index (χ1n) is 13.1. The highest BCUT2D eigenvalue weighted by Crippen LogP contribution is 2.51. The molecule has 2 aromatic carbocycles. The Balaban J connectivity index is 1.47. The van der Waals surface area contributed by atoms with E-state index < -0.39 is 38.8 Å². The van der Waals surface area contributed by atoms with Crippen molar-refractivity contribution in [3.63, 3.8) is 0 Å². The van der Waals surface area contributed by atoms with Gasteiger partial charge in [0.05, 0.1) is 11.2 Å². The van der Waals surface area contributed by atoms with E-state index in [0.717, 1.165) is 41.8 Å². The fourth-order valence-corrected chi connectivity index (χ4v) is 8.06. The highest BCUT2D eigenvalue weighted by atomic mass is 32.2. The average Bonchev–Trinajstić information content (AvgIpc) is 3.17. The van der Waals surface area contributed by atoms with Gasteiger partial charge in [-0.15, -0.1) is 0 Å². The number of alkyl halides is 2. The van der Waals surface area contributed by atoms with Gasteiger partial charge < -0.3 is 4.90 Å². The third kappa shape index (κ3) is 5.55. The van der Waals surface area contributed by atoms with Crippen LogP contribution in [-0.2, 0) is 25.5 Å². The van der Waals surface area contributed by atoms with Gasteiger partial charge in [0, 0.05) is 54.8 Å². The number of amides is 1. The van der Waals surface area contributed by atoms with E-state index in [1.165, 1.54) is 18.2 Å². The fraction of sp³-hybridized carbons (Fsp3) is 0.519. The van der Waals surface area contributed by atoms with Crippen LogP contribution in [0.15, 0.2) is 47.4 Å². The Kier molecular flexibility index (Phi) is 7.04. The van der Waals surface area contributed by atoms with Crippen LogP contribution in [-0.4, -0.2) is 58.9 Å². The van der Waals surface area contributed by atoms with Gasteiger partial charge in [-0.3, -0.25) is 9.52 Å². The molecule has 1 saturated carbocycles. The van der Waals surface area contributed by atoms with Crippen molar-refractivity contribution in [1.29, 1.82) is 0 Å². The fourth-order valence-electron chi connectivity index (χ4n) is 6.02. The molecule has 1 amide bonds. The lowest BCUT2D eigenvalue weighted by Gasteiger charge is -2.37. The number of hydrogen-bond donors (Lipinski definition) is 1. The molecule has 8 nitrogen and oxygen atoms in total. The Morgan fingerprint density at radius 1 is 0.974 bits per heavy atom. The zero-order valence-corrected chi connectivity index (χ0v) is 23.6. The Morgan fingerprint density at radius 3 is 2.28 bits per heavy atom. The minimum absolute atomic E-state index is 0.105. The number of anilines is 2. The quantitative estimate of drug-likeness (QED) is 0.557. The van der Waals surface area contributed by atoms with Crippen LogP contribution in [0.2, 0.25) is 0 Å². The molecule has 3 aliphatic rings. The lowest BCUT2D eigenvalue weighted by atomic mass is 9.68. The normalized spacial score (nSPS) is 25.4. The largest absolute Gasteiger partial charge is 0.307 e. The standard InChI is InChI=1S/C27H33F2N3O5S2/c1-19-8-10-26(11-9-19)18-32(24-7-6-21(17-23(24)26)30-38(2,34)35)25(33)20-4-3-5-22(16-20)39(36,37)31-14-12-27(28,29)13-15-31/h3-7,16-17,19,30H,8-15,18H2,1-2H3. The van der Waals surface area contributed by atoms with Gasteiger partial charge in [0.25, 0.3) is 11.8 Å². The van der Waals surface area contributed by atoms with Gasteiger partial charge in [-0.1, -0.05) is 13.0 Å². The van der Waals surface area contributed by atoms with Crippen molar-refractivity contribution >= 4 is 37.3 Å². The molecular weight excluding hydrogens is 548 g/mol. The molecular formula is C27H33F2N3O5S2. The van der Waals surface area contributed by atoms with Crippen molar-refractivity contribution in [1.82, 2.24) is 4.31 Å². The lowest BCUT2D eigenvalue weighted by Crippen LogP contribution is -2.42. The van der Waals surface area contributed by atoms with Crippen LogP contribution in [0.3, 0.4) is 0 Å². The first kappa shape index (κ1) is 28.0. The number of rotatable bonds is 5. The van der Waals surface area contributed by atoms with Gasteiger partial charge in [-0.05, 0) is 73.6 Å². The Labute approximate surface area is 228 Å². The van der Waals surface area contributed by atoms with Crippen LogP contribution < -0.4 is 9.62 Å². The van der Waals surface area contributed by atoms with E-state index in [4.69, 9.17) is 0 Å². The van der Waals surface area contributed by atoms with Crippen LogP contribution >= 0.6 is 0 Å². The molecule has 1 spiro atoms. The van der Waals surface area contributed by atoms with Crippen molar-refractivity contribution in [2.24, 2.45) is 5.92 Å². The number of benzene rings is 2. The number of halogens is 2. The van der Waals surface area contributed by atoms with Crippen LogP contribution in [0.4, 0.5) is 20.2 Å². The van der Waals surface area contributed by atoms with E-state index in [1.807, 2.05) is 6.07 Å². The molecule has 1 saturated heterocycles. The number of carbonyl (C=O) groups excluding carboxylic acids is 1. The minimum Gasteiger partial charge on any atom is -0.307 e. The molecule has 0 unspecified atom stereocenters. The molecule has 1 N–H and O–H groups in total. The first-order valence-corrected chi connectivity index (χ1v) is 16.4. The summed E-state index contributed by atoms with van der Waals surface area (Å²) in [6.07, 6.45) is 3.67. The smallest absolute Gasteiger partial charge is 0.258 e. The average molecular weight is 582 g/mol. The van der Waals surface area contributed by atoms with Crippen molar-refractivity contribution in [2.45, 2.75) is 61.7 Å². The molecule has 5 rings (SSSR count). The number of piperidine rings is 1. The summed E-state index contributed by atoms with van der Waals surface area (Å²) in [5, 5.41) is 0. The maximum absolute atomic E-state index is 13.9. The van der Waals surface area contributed by atoms with Gasteiger partial charge in [-0.25, -0.2) is 25.6 Å². The van der Waals surface area contributed by atoms with Gasteiger partial charge >= 0.3 is 0 Å². The summed E-state index contributed by atoms with van der Waals surface area (Å²) in [6.45, 7) is 2.05. The number of sulfonamides is 2. The van der Waals surface area contributed by atoms with Gasteiger partial charge in [0.1, 0.15) is 0 Å². The molecule has 2 heterocycles. The van der Waals surface area contributed by atoms with E-state index >= 15 is 0 Å². The van der Waals surface area contributed by atoms with E-state index in [0.29, 0.717) is 23.8 Å². The minimum atomic E-state index is -4.04.